The van der Waals surface area contributed by atoms with Gasteiger partial charge in [-0.25, -0.2) is 13.2 Å². The van der Waals surface area contributed by atoms with Gasteiger partial charge in [0.2, 0.25) is 9.84 Å². The molecule has 0 aromatic heterocycles. The van der Waals surface area contributed by atoms with E-state index in [1.807, 2.05) is 0 Å². The molecule has 2 rings (SSSR count). The van der Waals surface area contributed by atoms with Crippen LogP contribution >= 0.6 is 11.6 Å². The van der Waals surface area contributed by atoms with Gasteiger partial charge in [-0.1, -0.05) is 29.8 Å². The van der Waals surface area contributed by atoms with Gasteiger partial charge in [0.05, 0.1) is 4.90 Å². The molecule has 0 heterocycles. The first-order valence-corrected chi connectivity index (χ1v) is 8.63. The largest absolute Gasteiger partial charge is 0.341 e. The highest BCUT2D eigenvalue weighted by Crippen LogP contribution is 2.21. The zero-order valence-corrected chi connectivity index (χ0v) is 13.7. The second-order valence-electron chi connectivity index (χ2n) is 4.77. The highest BCUT2D eigenvalue weighted by molar-refractivity contribution is 7.91. The Labute approximate surface area is 142 Å². The lowest BCUT2D eigenvalue weighted by Crippen LogP contribution is -2.28. The first kappa shape index (κ1) is 18.2. The lowest BCUT2D eigenvalue weighted by Gasteiger charge is -2.09. The van der Waals surface area contributed by atoms with Gasteiger partial charge in [-0.15, -0.1) is 0 Å². The van der Waals surface area contributed by atoms with Crippen molar-refractivity contribution in [3.05, 3.63) is 59.1 Å². The van der Waals surface area contributed by atoms with E-state index in [1.165, 1.54) is 12.1 Å². The minimum Gasteiger partial charge on any atom is -0.334 e. The molecule has 2 N–H and O–H groups in total. The molecule has 2 aromatic carbocycles. The van der Waals surface area contributed by atoms with Crippen LogP contribution in [0, 0.1) is 0 Å². The Hall–Kier alpha value is -2.19. The van der Waals surface area contributed by atoms with Crippen molar-refractivity contribution in [3.63, 3.8) is 0 Å². The summed E-state index contributed by atoms with van der Waals surface area (Å²) in [6, 6.07) is 10.9. The van der Waals surface area contributed by atoms with E-state index in [0.717, 1.165) is 17.7 Å². The Morgan fingerprint density at radius 3 is 2.42 bits per heavy atom. The second-order valence-corrected chi connectivity index (χ2v) is 7.12. The number of sulfone groups is 1. The van der Waals surface area contributed by atoms with E-state index in [1.54, 1.807) is 24.3 Å². The summed E-state index contributed by atoms with van der Waals surface area (Å²) in [5, 5.41) is 5.52. The van der Waals surface area contributed by atoms with Crippen molar-refractivity contribution in [2.24, 2.45) is 0 Å². The Morgan fingerprint density at radius 1 is 1.12 bits per heavy atom. The maximum Gasteiger partial charge on any atom is 0.341 e. The molecule has 0 spiro atoms. The Kier molecular flexibility index (Phi) is 5.74. The molecule has 0 saturated heterocycles. The number of hydrogen-bond acceptors (Lipinski definition) is 3. The molecule has 2 amide bonds. The van der Waals surface area contributed by atoms with Crippen molar-refractivity contribution in [1.82, 2.24) is 5.32 Å². The van der Waals surface area contributed by atoms with Gasteiger partial charge in [-0.05, 0) is 35.9 Å². The SMILES string of the molecule is O=C(NCc1ccc(Cl)cc1)Nc1cccc(S(=O)(=O)C(F)F)c1. The smallest absolute Gasteiger partial charge is 0.334 e. The number of carbonyl (C=O) groups is 1. The third-order valence-electron chi connectivity index (χ3n) is 3.02. The summed E-state index contributed by atoms with van der Waals surface area (Å²) in [7, 11) is -4.71. The van der Waals surface area contributed by atoms with Gasteiger partial charge in [-0.2, -0.15) is 8.78 Å². The summed E-state index contributed by atoms with van der Waals surface area (Å²) in [6.07, 6.45) is 0. The number of anilines is 1. The van der Waals surface area contributed by atoms with Crippen LogP contribution in [0.5, 0.6) is 0 Å². The monoisotopic (exact) mass is 374 g/mol. The number of benzene rings is 2. The molecule has 0 fully saturated rings. The van der Waals surface area contributed by atoms with Crippen molar-refractivity contribution >= 4 is 33.2 Å². The molecule has 24 heavy (non-hydrogen) atoms. The minimum absolute atomic E-state index is 0.0883. The van der Waals surface area contributed by atoms with Gasteiger partial charge in [0, 0.05) is 17.3 Å². The molecule has 0 aliphatic carbocycles. The topological polar surface area (TPSA) is 75.3 Å². The van der Waals surface area contributed by atoms with E-state index in [9.17, 15) is 22.0 Å². The summed E-state index contributed by atoms with van der Waals surface area (Å²) < 4.78 is 47.9. The van der Waals surface area contributed by atoms with Crippen molar-refractivity contribution in [3.8, 4) is 0 Å². The van der Waals surface area contributed by atoms with Gasteiger partial charge < -0.3 is 10.6 Å². The average molecular weight is 375 g/mol. The highest BCUT2D eigenvalue weighted by atomic mass is 35.5. The number of amides is 2. The molecule has 0 bridgehead atoms. The fourth-order valence-corrected chi connectivity index (χ4v) is 2.70. The number of alkyl halides is 2. The van der Waals surface area contributed by atoms with Gasteiger partial charge in [0.15, 0.2) is 0 Å². The first-order valence-electron chi connectivity index (χ1n) is 6.70. The van der Waals surface area contributed by atoms with Crippen LogP contribution in [0.1, 0.15) is 5.56 Å². The summed E-state index contributed by atoms with van der Waals surface area (Å²) in [5.41, 5.74) is 0.897. The molecule has 0 saturated carbocycles. The molecule has 0 atom stereocenters. The standard InChI is InChI=1S/C15H13ClF2N2O3S/c16-11-6-4-10(5-7-11)9-19-15(21)20-12-2-1-3-13(8-12)24(22,23)14(17)18/h1-8,14H,9H2,(H2,19,20,21). The van der Waals surface area contributed by atoms with Crippen molar-refractivity contribution < 1.29 is 22.0 Å². The number of hydrogen-bond donors (Lipinski definition) is 2. The molecule has 0 aliphatic heterocycles. The quantitative estimate of drug-likeness (QED) is 0.838. The van der Waals surface area contributed by atoms with Crippen LogP contribution < -0.4 is 10.6 Å². The normalized spacial score (nSPS) is 11.3. The third-order valence-corrected chi connectivity index (χ3v) is 4.65. The molecule has 128 valence electrons. The van der Waals surface area contributed by atoms with E-state index in [2.05, 4.69) is 10.6 Å². The van der Waals surface area contributed by atoms with Crippen molar-refractivity contribution in [2.75, 3.05) is 5.32 Å². The van der Waals surface area contributed by atoms with E-state index in [4.69, 9.17) is 11.6 Å². The van der Waals surface area contributed by atoms with Crippen LogP contribution in [0.4, 0.5) is 19.3 Å². The van der Waals surface area contributed by atoms with E-state index in [-0.39, 0.29) is 12.2 Å². The minimum atomic E-state index is -4.71. The maximum absolute atomic E-state index is 12.5. The van der Waals surface area contributed by atoms with Gasteiger partial charge in [-0.3, -0.25) is 0 Å². The van der Waals surface area contributed by atoms with Crippen molar-refractivity contribution in [1.29, 1.82) is 0 Å². The van der Waals surface area contributed by atoms with Crippen molar-refractivity contribution in [2.45, 2.75) is 17.2 Å². The molecule has 5 nitrogen and oxygen atoms in total. The zero-order valence-electron chi connectivity index (χ0n) is 12.2. The molecule has 0 unspecified atom stereocenters. The fraction of sp³-hybridized carbons (Fsp3) is 0.133. The van der Waals surface area contributed by atoms with Crippen LogP contribution in [0.2, 0.25) is 5.02 Å². The molecule has 0 aliphatic rings. The van der Waals surface area contributed by atoms with E-state index < -0.39 is 26.5 Å². The number of urea groups is 1. The Balaban J connectivity index is 2.00. The van der Waals surface area contributed by atoms with Crippen LogP contribution in [-0.4, -0.2) is 20.2 Å². The molecular weight excluding hydrogens is 362 g/mol. The second kappa shape index (κ2) is 7.59. The number of nitrogens with one attached hydrogen (secondary N) is 2. The lowest BCUT2D eigenvalue weighted by atomic mass is 10.2. The van der Waals surface area contributed by atoms with Crippen LogP contribution in [-0.2, 0) is 16.4 Å². The fourth-order valence-electron chi connectivity index (χ4n) is 1.81. The number of rotatable bonds is 5. The molecule has 9 heteroatoms. The summed E-state index contributed by atoms with van der Waals surface area (Å²) in [6.45, 7) is 0.220. The predicted molar refractivity (Wildman–Crippen MR) is 86.9 cm³/mol. The summed E-state index contributed by atoms with van der Waals surface area (Å²) >= 11 is 5.75. The van der Waals surface area contributed by atoms with Gasteiger partial charge in [0.25, 0.3) is 0 Å². The highest BCUT2D eigenvalue weighted by Gasteiger charge is 2.26. The van der Waals surface area contributed by atoms with Crippen LogP contribution in [0.25, 0.3) is 0 Å². The predicted octanol–water partition coefficient (Wildman–Crippen LogP) is 3.66. The lowest BCUT2D eigenvalue weighted by molar-refractivity contribution is 0.235. The molecule has 2 aromatic rings. The Bertz CT molecular complexity index is 827. The summed E-state index contributed by atoms with van der Waals surface area (Å²) in [4.78, 5) is 11.2. The third kappa shape index (κ3) is 4.65. The van der Waals surface area contributed by atoms with Crippen LogP contribution in [0.3, 0.4) is 0 Å². The molecular formula is C15H13ClF2N2O3S. The van der Waals surface area contributed by atoms with Crippen LogP contribution in [0.15, 0.2) is 53.4 Å². The number of halogens is 3. The zero-order chi connectivity index (χ0) is 17.7. The van der Waals surface area contributed by atoms with E-state index in [0.29, 0.717) is 5.02 Å². The first-order chi connectivity index (χ1) is 11.3. The molecule has 0 radical (unpaired) electrons. The summed E-state index contributed by atoms with van der Waals surface area (Å²) in [5.74, 6) is -3.52. The van der Waals surface area contributed by atoms with Gasteiger partial charge >= 0.3 is 11.8 Å². The van der Waals surface area contributed by atoms with E-state index >= 15 is 0 Å². The van der Waals surface area contributed by atoms with Gasteiger partial charge in [0.1, 0.15) is 0 Å². The maximum atomic E-state index is 12.5. The Morgan fingerprint density at radius 2 is 1.79 bits per heavy atom. The average Bonchev–Trinajstić information content (AvgIpc) is 2.54. The number of carbonyl (C=O) groups excluding carboxylic acids is 1.